The van der Waals surface area contributed by atoms with Gasteiger partial charge in [-0.2, -0.15) is 0 Å². The molecule has 0 N–H and O–H groups in total. The van der Waals surface area contributed by atoms with Crippen molar-refractivity contribution in [2.45, 2.75) is 19.6 Å². The summed E-state index contributed by atoms with van der Waals surface area (Å²) in [4.78, 5) is 9.88. The van der Waals surface area contributed by atoms with Gasteiger partial charge in [-0.1, -0.05) is 96.3 Å². The molecule has 180 valence electrons. The molecule has 2 nitrogen and oxygen atoms in total. The van der Waals surface area contributed by atoms with Crippen LogP contribution < -0.4 is 9.80 Å². The second kappa shape index (κ2) is 10.6. The minimum Gasteiger partial charge on any atom is -0.336 e. The fourth-order valence-electron chi connectivity index (χ4n) is 4.67. The molecule has 2 aliphatic heterocycles. The van der Waals surface area contributed by atoms with E-state index in [0.717, 1.165) is 6.54 Å². The Morgan fingerprint density at radius 1 is 0.486 bits per heavy atom. The van der Waals surface area contributed by atoms with Crippen LogP contribution in [0.4, 0.5) is 28.4 Å². The molecule has 0 radical (unpaired) electrons. The minimum absolute atomic E-state index is 0.842. The fraction of sp³-hybridized carbons (Fsp3) is 0.0303. The van der Waals surface area contributed by atoms with Gasteiger partial charge in [-0.3, -0.25) is 0 Å². The summed E-state index contributed by atoms with van der Waals surface area (Å²) in [6, 6.07) is 44.7. The SMILES string of the molecule is C=CCN1c2ccccc2Sc2ccccc21.c1ccc(N2c3ccccc3Sc3ccccc32)cc1. The standard InChI is InChI=1S/C18H13NS.C15H13NS/c1-2-8-14(9-3-1)19-15-10-4-6-12-17(15)20-18-13-7-5-11-16(18)19;1-2-11-16-12-7-3-5-9-14(12)17-15-10-6-4-8-13(15)16/h1-13H;2-10H,1,11H2. The molecule has 5 aromatic carbocycles. The lowest BCUT2D eigenvalue weighted by molar-refractivity contribution is 1.04. The van der Waals surface area contributed by atoms with Crippen LogP contribution in [0.3, 0.4) is 0 Å². The third kappa shape index (κ3) is 4.66. The van der Waals surface area contributed by atoms with Gasteiger partial charge in [0.15, 0.2) is 0 Å². The molecule has 2 aliphatic rings. The van der Waals surface area contributed by atoms with Crippen molar-refractivity contribution in [3.8, 4) is 0 Å². The van der Waals surface area contributed by atoms with E-state index in [1.807, 2.05) is 29.6 Å². The Hall–Kier alpha value is -3.86. The lowest BCUT2D eigenvalue weighted by Crippen LogP contribution is -2.20. The summed E-state index contributed by atoms with van der Waals surface area (Å²) in [5, 5.41) is 0. The Balaban J connectivity index is 0.000000138. The number of rotatable bonds is 3. The molecule has 0 unspecified atom stereocenters. The lowest BCUT2D eigenvalue weighted by atomic mass is 10.2. The van der Waals surface area contributed by atoms with Crippen LogP contribution in [0.2, 0.25) is 0 Å². The number of benzene rings is 5. The first-order valence-electron chi connectivity index (χ1n) is 12.3. The van der Waals surface area contributed by atoms with Crippen molar-refractivity contribution < 1.29 is 0 Å². The highest BCUT2D eigenvalue weighted by Gasteiger charge is 2.24. The topological polar surface area (TPSA) is 6.48 Å². The van der Waals surface area contributed by atoms with Crippen molar-refractivity contribution >= 4 is 52.0 Å². The smallest absolute Gasteiger partial charge is 0.0601 e. The van der Waals surface area contributed by atoms with Crippen LogP contribution >= 0.6 is 23.5 Å². The van der Waals surface area contributed by atoms with Crippen LogP contribution in [0.1, 0.15) is 0 Å². The van der Waals surface area contributed by atoms with Crippen molar-refractivity contribution in [3.63, 3.8) is 0 Å². The Bertz CT molecular complexity index is 1460. The summed E-state index contributed by atoms with van der Waals surface area (Å²) in [5.41, 5.74) is 6.25. The quantitative estimate of drug-likeness (QED) is 0.217. The zero-order valence-corrected chi connectivity index (χ0v) is 22.0. The molecule has 0 fully saturated rings. The summed E-state index contributed by atoms with van der Waals surface area (Å²) in [6.45, 7) is 4.69. The molecule has 2 heterocycles. The van der Waals surface area contributed by atoms with E-state index in [1.54, 1.807) is 0 Å². The summed E-state index contributed by atoms with van der Waals surface area (Å²) >= 11 is 3.68. The largest absolute Gasteiger partial charge is 0.336 e. The first kappa shape index (κ1) is 23.5. The number of fused-ring (bicyclic) bond motifs is 4. The van der Waals surface area contributed by atoms with Crippen molar-refractivity contribution in [3.05, 3.63) is 140 Å². The Morgan fingerprint density at radius 3 is 1.32 bits per heavy atom. The van der Waals surface area contributed by atoms with Gasteiger partial charge in [-0.15, -0.1) is 6.58 Å². The predicted octanol–water partition coefficient (Wildman–Crippen LogP) is 10.1. The van der Waals surface area contributed by atoms with Crippen LogP contribution in [-0.2, 0) is 0 Å². The van der Waals surface area contributed by atoms with E-state index in [-0.39, 0.29) is 0 Å². The van der Waals surface area contributed by atoms with E-state index in [2.05, 4.69) is 144 Å². The van der Waals surface area contributed by atoms with E-state index in [1.165, 1.54) is 48.0 Å². The highest BCUT2D eigenvalue weighted by molar-refractivity contribution is 8.00. The van der Waals surface area contributed by atoms with E-state index in [9.17, 15) is 0 Å². The number of para-hydroxylation sites is 5. The van der Waals surface area contributed by atoms with Crippen molar-refractivity contribution in [2.24, 2.45) is 0 Å². The average Bonchev–Trinajstić information content (AvgIpc) is 2.96. The molecule has 0 amide bonds. The van der Waals surface area contributed by atoms with Gasteiger partial charge in [0.05, 0.1) is 22.7 Å². The van der Waals surface area contributed by atoms with Gasteiger partial charge in [0, 0.05) is 31.8 Å². The molecule has 5 aromatic rings. The van der Waals surface area contributed by atoms with E-state index in [0.29, 0.717) is 0 Å². The first-order chi connectivity index (χ1) is 18.3. The van der Waals surface area contributed by atoms with Crippen molar-refractivity contribution in [2.75, 3.05) is 16.3 Å². The Labute approximate surface area is 227 Å². The zero-order valence-electron chi connectivity index (χ0n) is 20.3. The van der Waals surface area contributed by atoms with E-state index < -0.39 is 0 Å². The van der Waals surface area contributed by atoms with Crippen LogP contribution in [0.15, 0.2) is 160 Å². The second-order valence-corrected chi connectivity index (χ2v) is 10.8. The van der Waals surface area contributed by atoms with E-state index in [4.69, 9.17) is 0 Å². The molecule has 0 aliphatic carbocycles. The minimum atomic E-state index is 0.842. The molecular weight excluding hydrogens is 489 g/mol. The molecule has 7 rings (SSSR count). The van der Waals surface area contributed by atoms with Crippen molar-refractivity contribution in [1.82, 2.24) is 0 Å². The molecule has 0 saturated carbocycles. The molecule has 37 heavy (non-hydrogen) atoms. The third-order valence-corrected chi connectivity index (χ3v) is 8.55. The van der Waals surface area contributed by atoms with Gasteiger partial charge >= 0.3 is 0 Å². The lowest BCUT2D eigenvalue weighted by Gasteiger charge is -2.32. The van der Waals surface area contributed by atoms with Crippen LogP contribution in [0, 0.1) is 0 Å². The van der Waals surface area contributed by atoms with Gasteiger partial charge in [0.2, 0.25) is 0 Å². The number of nitrogens with zero attached hydrogens (tertiary/aromatic N) is 2. The maximum atomic E-state index is 3.85. The summed E-state index contributed by atoms with van der Waals surface area (Å²) in [7, 11) is 0. The number of hydrogen-bond donors (Lipinski definition) is 0. The molecule has 0 aromatic heterocycles. The fourth-order valence-corrected chi connectivity index (χ4v) is 6.82. The van der Waals surface area contributed by atoms with E-state index >= 15 is 0 Å². The summed E-state index contributed by atoms with van der Waals surface area (Å²) < 4.78 is 0. The second-order valence-electron chi connectivity index (χ2n) is 8.65. The third-order valence-electron chi connectivity index (χ3n) is 6.29. The number of hydrogen-bond acceptors (Lipinski definition) is 4. The normalized spacial score (nSPS) is 12.8. The van der Waals surface area contributed by atoms with Gasteiger partial charge in [0.1, 0.15) is 0 Å². The molecule has 0 atom stereocenters. The van der Waals surface area contributed by atoms with Crippen LogP contribution in [-0.4, -0.2) is 6.54 Å². The summed E-state index contributed by atoms with van der Waals surface area (Å²) in [6.07, 6.45) is 1.95. The van der Waals surface area contributed by atoms with Gasteiger partial charge in [0.25, 0.3) is 0 Å². The monoisotopic (exact) mass is 514 g/mol. The molecule has 4 heteroatoms. The maximum absolute atomic E-state index is 3.85. The highest BCUT2D eigenvalue weighted by atomic mass is 32.2. The zero-order chi connectivity index (χ0) is 25.0. The van der Waals surface area contributed by atoms with Crippen LogP contribution in [0.25, 0.3) is 0 Å². The summed E-state index contributed by atoms with van der Waals surface area (Å²) in [5.74, 6) is 0. The van der Waals surface area contributed by atoms with Crippen molar-refractivity contribution in [1.29, 1.82) is 0 Å². The molecule has 0 saturated heterocycles. The van der Waals surface area contributed by atoms with Gasteiger partial charge in [-0.05, 0) is 60.7 Å². The van der Waals surface area contributed by atoms with Crippen LogP contribution in [0.5, 0.6) is 0 Å². The molecule has 0 spiro atoms. The average molecular weight is 515 g/mol. The maximum Gasteiger partial charge on any atom is 0.0601 e. The van der Waals surface area contributed by atoms with Gasteiger partial charge < -0.3 is 9.80 Å². The molecular formula is C33H26N2S2. The first-order valence-corrected chi connectivity index (χ1v) is 13.9. The molecule has 0 bridgehead atoms. The predicted molar refractivity (Wildman–Crippen MR) is 159 cm³/mol. The Kier molecular flexibility index (Phi) is 6.76. The highest BCUT2D eigenvalue weighted by Crippen LogP contribution is 2.51. The Morgan fingerprint density at radius 2 is 0.865 bits per heavy atom. The number of anilines is 5. The van der Waals surface area contributed by atoms with Gasteiger partial charge in [-0.25, -0.2) is 0 Å².